The molecule has 9 heteroatoms. The van der Waals surface area contributed by atoms with Crippen molar-refractivity contribution >= 4 is 17.7 Å². The summed E-state index contributed by atoms with van der Waals surface area (Å²) in [6, 6.07) is 9.41. The van der Waals surface area contributed by atoms with Gasteiger partial charge in [-0.25, -0.2) is 18.4 Å². The summed E-state index contributed by atoms with van der Waals surface area (Å²) >= 11 is 0. The number of carboxylic acid groups (broad SMARTS) is 1. The number of benzene rings is 2. The van der Waals surface area contributed by atoms with Crippen LogP contribution in [0, 0.1) is 17.6 Å². The van der Waals surface area contributed by atoms with Gasteiger partial charge in [-0.1, -0.05) is 18.6 Å². The van der Waals surface area contributed by atoms with Gasteiger partial charge >= 0.3 is 12.0 Å². The number of amides is 2. The maximum absolute atomic E-state index is 13.5. The molecule has 2 aromatic rings. The Morgan fingerprint density at radius 1 is 1.15 bits per heavy atom. The quantitative estimate of drug-likeness (QED) is 0.476. The van der Waals surface area contributed by atoms with E-state index in [0.29, 0.717) is 30.3 Å². The molecule has 34 heavy (non-hydrogen) atoms. The van der Waals surface area contributed by atoms with Gasteiger partial charge in [-0.2, -0.15) is 0 Å². The standard InChI is InChI=1S/C25H30F2N2O5/c1-3-34-25(2,23(30)31)18-7-10-20(11-8-18)33-14-13-29(16-17-5-4-6-17)24(32)28-19-9-12-21(26)22(27)15-19/h7-12,15,17H,3-6,13-14,16H2,1-2H3,(H,28,32)(H,30,31). The monoisotopic (exact) mass is 476 g/mol. The van der Waals surface area contributed by atoms with E-state index in [1.807, 2.05) is 0 Å². The van der Waals surface area contributed by atoms with Crippen molar-refractivity contribution in [2.75, 3.05) is 31.6 Å². The molecule has 0 aromatic heterocycles. The normalized spacial score (nSPS) is 15.2. The predicted molar refractivity (Wildman–Crippen MR) is 123 cm³/mol. The number of hydrogen-bond donors (Lipinski definition) is 2. The number of halogens is 2. The fourth-order valence-corrected chi connectivity index (χ4v) is 3.74. The Hall–Kier alpha value is -3.20. The lowest BCUT2D eigenvalue weighted by Gasteiger charge is -2.32. The van der Waals surface area contributed by atoms with Gasteiger partial charge in [0.15, 0.2) is 17.2 Å². The molecule has 1 atom stereocenters. The van der Waals surface area contributed by atoms with E-state index in [9.17, 15) is 23.5 Å². The Bertz CT molecular complexity index is 997. The smallest absolute Gasteiger partial charge is 0.340 e. The second-order valence-corrected chi connectivity index (χ2v) is 8.45. The fourth-order valence-electron chi connectivity index (χ4n) is 3.74. The fraction of sp³-hybridized carbons (Fsp3) is 0.440. The Morgan fingerprint density at radius 3 is 2.41 bits per heavy atom. The van der Waals surface area contributed by atoms with Crippen molar-refractivity contribution in [1.29, 1.82) is 0 Å². The summed E-state index contributed by atoms with van der Waals surface area (Å²) in [5.41, 5.74) is -0.786. The van der Waals surface area contributed by atoms with Gasteiger partial charge < -0.3 is 24.8 Å². The van der Waals surface area contributed by atoms with Crippen LogP contribution in [0.1, 0.15) is 38.7 Å². The second-order valence-electron chi connectivity index (χ2n) is 8.45. The van der Waals surface area contributed by atoms with Crippen LogP contribution in [0.2, 0.25) is 0 Å². The van der Waals surface area contributed by atoms with Gasteiger partial charge in [0, 0.05) is 24.9 Å². The van der Waals surface area contributed by atoms with E-state index < -0.39 is 29.2 Å². The highest BCUT2D eigenvalue weighted by molar-refractivity contribution is 5.89. The molecule has 2 N–H and O–H groups in total. The van der Waals surface area contributed by atoms with E-state index in [4.69, 9.17) is 9.47 Å². The summed E-state index contributed by atoms with van der Waals surface area (Å²) < 4.78 is 37.9. The number of aliphatic carboxylic acids is 1. The molecule has 1 aliphatic rings. The summed E-state index contributed by atoms with van der Waals surface area (Å²) in [6.45, 7) is 4.53. The molecular formula is C25H30F2N2O5. The Balaban J connectivity index is 1.60. The molecule has 184 valence electrons. The van der Waals surface area contributed by atoms with Crippen LogP contribution in [-0.4, -0.2) is 48.3 Å². The number of hydrogen-bond acceptors (Lipinski definition) is 4. The summed E-state index contributed by atoms with van der Waals surface area (Å²) in [5.74, 6) is -2.16. The number of carbonyl (C=O) groups is 2. The molecule has 0 heterocycles. The van der Waals surface area contributed by atoms with Crippen LogP contribution < -0.4 is 10.1 Å². The maximum atomic E-state index is 13.5. The van der Waals surface area contributed by atoms with E-state index in [2.05, 4.69) is 5.32 Å². The second kappa shape index (κ2) is 11.3. The zero-order chi connectivity index (χ0) is 24.7. The number of nitrogens with zero attached hydrogens (tertiary/aromatic N) is 1. The number of rotatable bonds is 11. The van der Waals surface area contributed by atoms with Crippen LogP contribution in [0.5, 0.6) is 5.75 Å². The first-order chi connectivity index (χ1) is 16.2. The van der Waals surface area contributed by atoms with Crippen molar-refractivity contribution in [3.05, 3.63) is 59.7 Å². The van der Waals surface area contributed by atoms with Crippen LogP contribution in [0.25, 0.3) is 0 Å². The van der Waals surface area contributed by atoms with E-state index in [-0.39, 0.29) is 18.9 Å². The van der Waals surface area contributed by atoms with Crippen molar-refractivity contribution in [2.45, 2.75) is 38.7 Å². The Kier molecular flexibility index (Phi) is 8.44. The van der Waals surface area contributed by atoms with Crippen LogP contribution in [0.15, 0.2) is 42.5 Å². The van der Waals surface area contributed by atoms with Crippen LogP contribution >= 0.6 is 0 Å². The minimum absolute atomic E-state index is 0.176. The van der Waals surface area contributed by atoms with Crippen molar-refractivity contribution in [2.24, 2.45) is 5.92 Å². The van der Waals surface area contributed by atoms with Gasteiger partial charge in [0.2, 0.25) is 0 Å². The molecule has 3 rings (SSSR count). The molecular weight excluding hydrogens is 446 g/mol. The predicted octanol–water partition coefficient (Wildman–Crippen LogP) is 5.01. The highest BCUT2D eigenvalue weighted by Gasteiger charge is 2.36. The lowest BCUT2D eigenvalue weighted by atomic mass is 9.85. The number of carboxylic acids is 1. The van der Waals surface area contributed by atoms with E-state index >= 15 is 0 Å². The lowest BCUT2D eigenvalue weighted by Crippen LogP contribution is -2.42. The molecule has 2 amide bonds. The first-order valence-corrected chi connectivity index (χ1v) is 11.3. The van der Waals surface area contributed by atoms with Gasteiger partial charge in [0.05, 0.1) is 6.54 Å². The average Bonchev–Trinajstić information content (AvgIpc) is 2.77. The van der Waals surface area contributed by atoms with Crippen molar-refractivity contribution in [1.82, 2.24) is 4.90 Å². The van der Waals surface area contributed by atoms with Crippen LogP contribution in [0.4, 0.5) is 19.3 Å². The molecule has 0 aliphatic heterocycles. The number of ether oxygens (including phenoxy) is 2. The molecule has 2 aromatic carbocycles. The SMILES string of the molecule is CCOC(C)(C(=O)O)c1ccc(OCCN(CC2CCC2)C(=O)Nc2ccc(F)c(F)c2)cc1. The molecule has 7 nitrogen and oxygen atoms in total. The Labute approximate surface area is 197 Å². The Morgan fingerprint density at radius 2 is 1.85 bits per heavy atom. The molecule has 0 radical (unpaired) electrons. The molecule has 0 bridgehead atoms. The summed E-state index contributed by atoms with van der Waals surface area (Å²) in [5, 5.41) is 12.1. The van der Waals surface area contributed by atoms with Crippen LogP contribution in [-0.2, 0) is 15.1 Å². The third kappa shape index (κ3) is 6.22. The minimum Gasteiger partial charge on any atom is -0.492 e. The summed E-state index contributed by atoms with van der Waals surface area (Å²) in [7, 11) is 0. The topological polar surface area (TPSA) is 88.1 Å². The summed E-state index contributed by atoms with van der Waals surface area (Å²) in [6.07, 6.45) is 3.21. The van der Waals surface area contributed by atoms with E-state index in [0.717, 1.165) is 31.4 Å². The first kappa shape index (κ1) is 25.4. The van der Waals surface area contributed by atoms with Crippen LogP contribution in [0.3, 0.4) is 0 Å². The van der Waals surface area contributed by atoms with Gasteiger partial charge in [-0.3, -0.25) is 0 Å². The minimum atomic E-state index is -1.45. The van der Waals surface area contributed by atoms with Crippen molar-refractivity contribution in [3.63, 3.8) is 0 Å². The van der Waals surface area contributed by atoms with Gasteiger partial charge in [-0.05, 0) is 62.4 Å². The molecule has 1 unspecified atom stereocenters. The van der Waals surface area contributed by atoms with Crippen molar-refractivity contribution in [3.8, 4) is 5.75 Å². The highest BCUT2D eigenvalue weighted by Crippen LogP contribution is 2.29. The zero-order valence-corrected chi connectivity index (χ0v) is 19.4. The molecule has 1 aliphatic carbocycles. The molecule has 1 fully saturated rings. The number of urea groups is 1. The van der Waals surface area contributed by atoms with E-state index in [1.54, 1.807) is 36.1 Å². The largest absolute Gasteiger partial charge is 0.492 e. The average molecular weight is 477 g/mol. The van der Waals surface area contributed by atoms with Gasteiger partial charge in [0.25, 0.3) is 0 Å². The first-order valence-electron chi connectivity index (χ1n) is 11.3. The lowest BCUT2D eigenvalue weighted by molar-refractivity contribution is -0.164. The molecule has 1 saturated carbocycles. The molecule has 0 spiro atoms. The summed E-state index contributed by atoms with van der Waals surface area (Å²) in [4.78, 5) is 26.0. The third-order valence-electron chi connectivity index (χ3n) is 6.04. The maximum Gasteiger partial charge on any atom is 0.340 e. The number of carbonyl (C=O) groups excluding carboxylic acids is 1. The third-order valence-corrected chi connectivity index (χ3v) is 6.04. The number of anilines is 1. The number of nitrogens with one attached hydrogen (secondary N) is 1. The zero-order valence-electron chi connectivity index (χ0n) is 19.4. The van der Waals surface area contributed by atoms with Gasteiger partial charge in [-0.15, -0.1) is 0 Å². The van der Waals surface area contributed by atoms with E-state index in [1.165, 1.54) is 13.0 Å². The van der Waals surface area contributed by atoms with Gasteiger partial charge in [0.1, 0.15) is 12.4 Å². The highest BCUT2D eigenvalue weighted by atomic mass is 19.2. The van der Waals surface area contributed by atoms with Crippen molar-refractivity contribution < 1.29 is 33.0 Å². The molecule has 0 saturated heterocycles.